The molecule has 0 saturated heterocycles. The van der Waals surface area contributed by atoms with E-state index >= 15 is 0 Å². The molecule has 10 heteroatoms. The topological polar surface area (TPSA) is 168 Å². The van der Waals surface area contributed by atoms with Gasteiger partial charge in [0, 0.05) is 36.8 Å². The fourth-order valence-corrected chi connectivity index (χ4v) is 5.76. The third kappa shape index (κ3) is 2.90. The number of fused-ring (bicyclic) bond motifs is 3. The minimum absolute atomic E-state index is 0.0649. The van der Waals surface area contributed by atoms with Crippen LogP contribution in [0.2, 0.25) is 0 Å². The van der Waals surface area contributed by atoms with Gasteiger partial charge in [0.15, 0.2) is 11.4 Å². The highest BCUT2D eigenvalue weighted by Crippen LogP contribution is 2.52. The Morgan fingerprint density at radius 1 is 1.21 bits per heavy atom. The summed E-state index contributed by atoms with van der Waals surface area (Å²) in [4.78, 5) is 42.3. The van der Waals surface area contributed by atoms with Crippen LogP contribution in [0, 0.1) is 23.2 Å². The van der Waals surface area contributed by atoms with Crippen LogP contribution in [0.5, 0.6) is 0 Å². The first kappa shape index (κ1) is 23.5. The van der Waals surface area contributed by atoms with Crippen LogP contribution in [0.4, 0.5) is 5.69 Å². The molecule has 0 bridgehead atoms. The number of likely N-dealkylation sites (N-methyl/N-ethyl adjacent to an activating group) is 1. The number of nitrogens with zero attached hydrogens (tertiary/aromatic N) is 3. The first-order valence-electron chi connectivity index (χ1n) is 10.8. The maximum atomic E-state index is 13.7. The minimum atomic E-state index is -2.63. The number of hydrogen-bond acceptors (Lipinski definition) is 9. The molecule has 0 aromatic heterocycles. The fourth-order valence-electron chi connectivity index (χ4n) is 5.76. The molecule has 1 aromatic rings. The molecule has 1 aromatic carbocycles. The molecule has 4 rings (SSSR count). The highest BCUT2D eigenvalue weighted by atomic mass is 16.3. The molecular formula is C24H26N4O6. The maximum absolute atomic E-state index is 13.7. The van der Waals surface area contributed by atoms with Crippen LogP contribution < -0.4 is 10.6 Å². The average Bonchev–Trinajstić information content (AvgIpc) is 2.74. The summed E-state index contributed by atoms with van der Waals surface area (Å²) >= 11 is 0. The first-order chi connectivity index (χ1) is 15.9. The number of aliphatic hydroxyl groups is 3. The lowest BCUT2D eigenvalue weighted by Gasteiger charge is -2.50. The number of benzene rings is 1. The van der Waals surface area contributed by atoms with Crippen molar-refractivity contribution in [3.8, 4) is 6.07 Å². The van der Waals surface area contributed by atoms with Crippen LogP contribution in [-0.4, -0.2) is 77.5 Å². The third-order valence-corrected chi connectivity index (χ3v) is 7.21. The highest BCUT2D eigenvalue weighted by molar-refractivity contribution is 6.24. The number of aliphatic hydroxyl groups excluding tert-OH is 2. The van der Waals surface area contributed by atoms with E-state index < -0.39 is 58.0 Å². The summed E-state index contributed by atoms with van der Waals surface area (Å²) in [5.41, 5.74) is 3.36. The molecule has 0 saturated carbocycles. The van der Waals surface area contributed by atoms with Crippen molar-refractivity contribution in [3.63, 3.8) is 0 Å². The van der Waals surface area contributed by atoms with E-state index in [1.54, 1.807) is 20.2 Å². The van der Waals surface area contributed by atoms with Crippen molar-refractivity contribution in [2.45, 2.75) is 24.5 Å². The van der Waals surface area contributed by atoms with Gasteiger partial charge >= 0.3 is 0 Å². The van der Waals surface area contributed by atoms with Gasteiger partial charge in [0.2, 0.25) is 5.78 Å². The second-order valence-corrected chi connectivity index (χ2v) is 9.46. The lowest BCUT2D eigenvalue weighted by Crippen LogP contribution is -2.63. The Morgan fingerprint density at radius 2 is 1.85 bits per heavy atom. The van der Waals surface area contributed by atoms with Crippen LogP contribution >= 0.6 is 0 Å². The summed E-state index contributed by atoms with van der Waals surface area (Å²) in [6.07, 6.45) is 0.340. The highest BCUT2D eigenvalue weighted by Gasteiger charge is 2.63. The van der Waals surface area contributed by atoms with Crippen molar-refractivity contribution in [1.82, 2.24) is 4.90 Å². The van der Waals surface area contributed by atoms with Gasteiger partial charge in [-0.05, 0) is 50.6 Å². The molecule has 3 aliphatic rings. The van der Waals surface area contributed by atoms with E-state index in [2.05, 4.69) is 0 Å². The first-order valence-corrected chi connectivity index (χ1v) is 10.8. The summed E-state index contributed by atoms with van der Waals surface area (Å²) < 4.78 is 0. The second kappa shape index (κ2) is 7.68. The lowest BCUT2D eigenvalue weighted by molar-refractivity contribution is -0.148. The molecule has 5 N–H and O–H groups in total. The molecule has 34 heavy (non-hydrogen) atoms. The molecule has 178 valence electrons. The van der Waals surface area contributed by atoms with Gasteiger partial charge in [0.1, 0.15) is 17.1 Å². The SMILES string of the molecule is CN(C)c1ccc(C#N)c2c1CC1CC3C(N(C)C)C(O)=C(C(N)=O)C(=O)C3(O)C(O)=C1C2=O. The number of nitriles is 1. The zero-order chi connectivity index (χ0) is 25.3. The van der Waals surface area contributed by atoms with Gasteiger partial charge < -0.3 is 26.0 Å². The quantitative estimate of drug-likeness (QED) is 0.459. The van der Waals surface area contributed by atoms with Crippen molar-refractivity contribution in [3.05, 3.63) is 51.5 Å². The van der Waals surface area contributed by atoms with Crippen molar-refractivity contribution >= 4 is 23.2 Å². The summed E-state index contributed by atoms with van der Waals surface area (Å²) in [6.45, 7) is 0. The molecule has 0 radical (unpaired) electrons. The van der Waals surface area contributed by atoms with Crippen LogP contribution in [0.25, 0.3) is 0 Å². The zero-order valence-corrected chi connectivity index (χ0v) is 19.3. The Morgan fingerprint density at radius 3 is 2.38 bits per heavy atom. The second-order valence-electron chi connectivity index (χ2n) is 9.46. The van der Waals surface area contributed by atoms with Crippen molar-refractivity contribution < 1.29 is 29.7 Å². The van der Waals surface area contributed by atoms with Crippen molar-refractivity contribution in [1.29, 1.82) is 5.26 Å². The third-order valence-electron chi connectivity index (χ3n) is 7.21. The minimum Gasteiger partial charge on any atom is -0.510 e. The molecule has 4 atom stereocenters. The number of primary amides is 1. The number of carbonyl (C=O) groups is 3. The van der Waals surface area contributed by atoms with Gasteiger partial charge in [-0.15, -0.1) is 0 Å². The van der Waals surface area contributed by atoms with E-state index in [0.717, 1.165) is 5.69 Å². The van der Waals surface area contributed by atoms with Gasteiger partial charge in [-0.1, -0.05) is 0 Å². The number of amides is 1. The van der Waals surface area contributed by atoms with Gasteiger partial charge in [-0.3, -0.25) is 19.3 Å². The number of nitrogens with two attached hydrogens (primary N) is 1. The molecular weight excluding hydrogens is 440 g/mol. The zero-order valence-electron chi connectivity index (χ0n) is 19.3. The van der Waals surface area contributed by atoms with Crippen LogP contribution in [0.1, 0.15) is 27.9 Å². The Hall–Kier alpha value is -3.68. The monoisotopic (exact) mass is 466 g/mol. The number of anilines is 1. The van der Waals surface area contributed by atoms with Gasteiger partial charge in [0.25, 0.3) is 5.91 Å². The smallest absolute Gasteiger partial charge is 0.255 e. The summed E-state index contributed by atoms with van der Waals surface area (Å²) in [6, 6.07) is 4.26. The Bertz CT molecular complexity index is 1250. The largest absolute Gasteiger partial charge is 0.510 e. The fraction of sp³-hybridized carbons (Fsp3) is 0.417. The Kier molecular flexibility index (Phi) is 5.31. The molecule has 0 heterocycles. The molecule has 0 aliphatic heterocycles. The molecule has 0 spiro atoms. The summed E-state index contributed by atoms with van der Waals surface area (Å²) in [7, 11) is 6.81. The number of hydrogen-bond donors (Lipinski definition) is 4. The number of carbonyl (C=O) groups excluding carboxylic acids is 3. The van der Waals surface area contributed by atoms with Gasteiger partial charge in [0.05, 0.1) is 17.7 Å². The molecule has 1 amide bonds. The Balaban J connectivity index is 2.00. The summed E-state index contributed by atoms with van der Waals surface area (Å²) in [5, 5.41) is 43.3. The van der Waals surface area contributed by atoms with Crippen LogP contribution in [-0.2, 0) is 16.0 Å². The normalized spacial score (nSPS) is 28.3. The van der Waals surface area contributed by atoms with E-state index in [9.17, 15) is 35.0 Å². The predicted octanol–water partition coefficient (Wildman–Crippen LogP) is 0.353. The maximum Gasteiger partial charge on any atom is 0.255 e. The van der Waals surface area contributed by atoms with E-state index in [1.165, 1.54) is 11.0 Å². The number of ketones is 2. The van der Waals surface area contributed by atoms with Crippen LogP contribution in [0.15, 0.2) is 34.8 Å². The predicted molar refractivity (Wildman–Crippen MR) is 121 cm³/mol. The molecule has 3 aliphatic carbocycles. The number of Topliss-reactive ketones (excluding diaryl/α,β-unsaturated/α-hetero) is 2. The van der Waals surface area contributed by atoms with Crippen molar-refractivity contribution in [2.24, 2.45) is 17.6 Å². The van der Waals surface area contributed by atoms with E-state index in [-0.39, 0.29) is 29.5 Å². The lowest BCUT2D eigenvalue weighted by atomic mass is 9.58. The summed E-state index contributed by atoms with van der Waals surface area (Å²) in [5.74, 6) is -6.21. The van der Waals surface area contributed by atoms with Crippen molar-refractivity contribution in [2.75, 3.05) is 33.1 Å². The van der Waals surface area contributed by atoms with Gasteiger partial charge in [-0.25, -0.2) is 0 Å². The molecule has 4 unspecified atom stereocenters. The Labute approximate surface area is 196 Å². The average molecular weight is 466 g/mol. The number of allylic oxidation sites excluding steroid dienone is 1. The molecule has 0 fully saturated rings. The number of rotatable bonds is 3. The van der Waals surface area contributed by atoms with E-state index in [0.29, 0.717) is 5.56 Å². The van der Waals surface area contributed by atoms with E-state index in [1.807, 2.05) is 25.1 Å². The van der Waals surface area contributed by atoms with Gasteiger partial charge in [-0.2, -0.15) is 5.26 Å². The van der Waals surface area contributed by atoms with Crippen LogP contribution in [0.3, 0.4) is 0 Å². The van der Waals surface area contributed by atoms with E-state index in [4.69, 9.17) is 5.73 Å². The standard InChI is InChI=1S/C24H26N4O6/c1-27(2)14-6-5-10(9-25)15-12(14)7-11-8-13-18(28(3)4)20(30)17(23(26)33)22(32)24(13,34)21(31)16(11)19(15)29/h5-6,11,13,18,30-31,34H,7-8H2,1-4H3,(H2,26,33). The molecule has 10 nitrogen and oxygen atoms in total.